The van der Waals surface area contributed by atoms with Crippen LogP contribution in [0.5, 0.6) is 0 Å². The lowest BCUT2D eigenvalue weighted by Gasteiger charge is -2.13. The van der Waals surface area contributed by atoms with Gasteiger partial charge in [-0.1, -0.05) is 0 Å². The molecule has 88 valence electrons. The van der Waals surface area contributed by atoms with Gasteiger partial charge in [-0.15, -0.1) is 0 Å². The number of thioether (sulfide) groups is 1. The third kappa shape index (κ3) is 7.21. The van der Waals surface area contributed by atoms with Crippen LogP contribution in [0.3, 0.4) is 0 Å². The molecule has 0 saturated carbocycles. The number of nitrogens with one attached hydrogen (secondary N) is 1. The quantitative estimate of drug-likeness (QED) is 0.552. The third-order valence-electron chi connectivity index (χ3n) is 1.85. The zero-order valence-electron chi connectivity index (χ0n) is 8.86. The SMILES string of the molecule is CSCCC(NC(=O)CCCN)C(=O)O. The highest BCUT2D eigenvalue weighted by Gasteiger charge is 2.18. The van der Waals surface area contributed by atoms with Gasteiger partial charge >= 0.3 is 5.97 Å². The van der Waals surface area contributed by atoms with Crippen molar-refractivity contribution in [1.82, 2.24) is 5.32 Å². The number of nitrogens with two attached hydrogens (primary N) is 1. The van der Waals surface area contributed by atoms with Gasteiger partial charge in [0, 0.05) is 6.42 Å². The molecule has 0 bridgehead atoms. The van der Waals surface area contributed by atoms with E-state index in [0.29, 0.717) is 31.6 Å². The van der Waals surface area contributed by atoms with E-state index in [4.69, 9.17) is 10.8 Å². The van der Waals surface area contributed by atoms with E-state index in [-0.39, 0.29) is 5.91 Å². The fourth-order valence-electron chi connectivity index (χ4n) is 1.02. The first kappa shape index (κ1) is 14.2. The maximum atomic E-state index is 11.2. The molecule has 0 spiro atoms. The number of hydrogen-bond acceptors (Lipinski definition) is 4. The van der Waals surface area contributed by atoms with E-state index in [1.165, 1.54) is 0 Å². The number of amides is 1. The Bertz CT molecular complexity index is 212. The predicted molar refractivity (Wildman–Crippen MR) is 60.9 cm³/mol. The smallest absolute Gasteiger partial charge is 0.326 e. The van der Waals surface area contributed by atoms with E-state index in [1.807, 2.05) is 6.26 Å². The molecule has 0 aromatic carbocycles. The van der Waals surface area contributed by atoms with E-state index in [0.717, 1.165) is 0 Å². The fourth-order valence-corrected chi connectivity index (χ4v) is 1.49. The molecule has 4 N–H and O–H groups in total. The summed E-state index contributed by atoms with van der Waals surface area (Å²) in [5.41, 5.74) is 5.25. The zero-order chi connectivity index (χ0) is 11.7. The summed E-state index contributed by atoms with van der Waals surface area (Å²) in [6.07, 6.45) is 3.22. The molecule has 15 heavy (non-hydrogen) atoms. The average Bonchev–Trinajstić information content (AvgIpc) is 2.20. The monoisotopic (exact) mass is 234 g/mol. The molecule has 0 aliphatic rings. The second-order valence-corrected chi connectivity index (χ2v) is 4.12. The molecule has 1 amide bonds. The summed E-state index contributed by atoms with van der Waals surface area (Å²) in [7, 11) is 0. The van der Waals surface area contributed by atoms with Crippen LogP contribution < -0.4 is 11.1 Å². The van der Waals surface area contributed by atoms with Crippen LogP contribution in [0.15, 0.2) is 0 Å². The molecular formula is C9H18N2O3S. The number of carbonyl (C=O) groups is 2. The van der Waals surface area contributed by atoms with Crippen molar-refractivity contribution in [3.63, 3.8) is 0 Å². The van der Waals surface area contributed by atoms with Crippen molar-refractivity contribution in [2.45, 2.75) is 25.3 Å². The van der Waals surface area contributed by atoms with Crippen molar-refractivity contribution in [2.75, 3.05) is 18.6 Å². The molecule has 0 fully saturated rings. The largest absolute Gasteiger partial charge is 0.480 e. The van der Waals surface area contributed by atoms with Gasteiger partial charge in [0.05, 0.1) is 0 Å². The summed E-state index contributed by atoms with van der Waals surface area (Å²) in [4.78, 5) is 22.0. The normalized spacial score (nSPS) is 12.1. The Balaban J connectivity index is 3.93. The summed E-state index contributed by atoms with van der Waals surface area (Å²) < 4.78 is 0. The zero-order valence-corrected chi connectivity index (χ0v) is 9.68. The minimum Gasteiger partial charge on any atom is -0.480 e. The predicted octanol–water partition coefficient (Wildman–Crippen LogP) is 0.0478. The van der Waals surface area contributed by atoms with Crippen LogP contribution in [0.2, 0.25) is 0 Å². The van der Waals surface area contributed by atoms with Gasteiger partial charge in [-0.25, -0.2) is 4.79 Å². The Kier molecular flexibility index (Phi) is 8.12. The Labute approximate surface area is 93.8 Å². The highest BCUT2D eigenvalue weighted by atomic mass is 32.2. The molecule has 6 heteroatoms. The number of carbonyl (C=O) groups excluding carboxylic acids is 1. The van der Waals surface area contributed by atoms with Crippen LogP contribution in [-0.4, -0.2) is 41.6 Å². The van der Waals surface area contributed by atoms with E-state index < -0.39 is 12.0 Å². The Morgan fingerprint density at radius 1 is 1.53 bits per heavy atom. The lowest BCUT2D eigenvalue weighted by atomic mass is 10.2. The summed E-state index contributed by atoms with van der Waals surface area (Å²) in [5.74, 6) is -0.507. The Hall–Kier alpha value is -0.750. The Morgan fingerprint density at radius 3 is 2.67 bits per heavy atom. The van der Waals surface area contributed by atoms with Crippen LogP contribution in [0.1, 0.15) is 19.3 Å². The van der Waals surface area contributed by atoms with Gasteiger partial charge in [0.25, 0.3) is 0 Å². The van der Waals surface area contributed by atoms with E-state index in [2.05, 4.69) is 5.32 Å². The van der Waals surface area contributed by atoms with Gasteiger partial charge in [-0.05, 0) is 31.4 Å². The average molecular weight is 234 g/mol. The molecule has 0 radical (unpaired) electrons. The molecule has 0 aliphatic carbocycles. The lowest BCUT2D eigenvalue weighted by molar-refractivity contribution is -0.141. The number of carboxylic acids is 1. The first-order valence-corrected chi connectivity index (χ1v) is 6.22. The highest BCUT2D eigenvalue weighted by molar-refractivity contribution is 7.98. The number of carboxylic acid groups (broad SMARTS) is 1. The molecule has 0 aliphatic heterocycles. The number of hydrogen-bond donors (Lipinski definition) is 3. The molecule has 0 saturated heterocycles. The van der Waals surface area contributed by atoms with Crippen LogP contribution in [0.4, 0.5) is 0 Å². The molecule has 1 atom stereocenters. The van der Waals surface area contributed by atoms with E-state index in [1.54, 1.807) is 11.8 Å². The van der Waals surface area contributed by atoms with Crippen LogP contribution >= 0.6 is 11.8 Å². The highest BCUT2D eigenvalue weighted by Crippen LogP contribution is 2.01. The third-order valence-corrected chi connectivity index (χ3v) is 2.50. The maximum Gasteiger partial charge on any atom is 0.326 e. The van der Waals surface area contributed by atoms with E-state index >= 15 is 0 Å². The second kappa shape index (κ2) is 8.55. The molecule has 1 unspecified atom stereocenters. The van der Waals surface area contributed by atoms with Gasteiger partial charge in [-0.2, -0.15) is 11.8 Å². The van der Waals surface area contributed by atoms with Crippen molar-refractivity contribution >= 4 is 23.6 Å². The Morgan fingerprint density at radius 2 is 2.20 bits per heavy atom. The summed E-state index contributed by atoms with van der Waals surface area (Å²) in [6, 6.07) is -0.775. The first-order valence-electron chi connectivity index (χ1n) is 4.83. The van der Waals surface area contributed by atoms with Gasteiger partial charge in [0.1, 0.15) is 6.04 Å². The van der Waals surface area contributed by atoms with Crippen LogP contribution in [0.25, 0.3) is 0 Å². The standard InChI is InChI=1S/C9H18N2O3S/c1-15-6-4-7(9(13)14)11-8(12)3-2-5-10/h7H,2-6,10H2,1H3,(H,11,12)(H,13,14). The summed E-state index contributed by atoms with van der Waals surface area (Å²) in [6.45, 7) is 0.440. The molecule has 0 rings (SSSR count). The minimum absolute atomic E-state index is 0.242. The topological polar surface area (TPSA) is 92.4 Å². The summed E-state index contributed by atoms with van der Waals surface area (Å²) in [5, 5.41) is 11.3. The molecule has 0 heterocycles. The summed E-state index contributed by atoms with van der Waals surface area (Å²) >= 11 is 1.56. The fraction of sp³-hybridized carbons (Fsp3) is 0.778. The van der Waals surface area contributed by atoms with E-state index in [9.17, 15) is 9.59 Å². The van der Waals surface area contributed by atoms with Crippen molar-refractivity contribution in [3.8, 4) is 0 Å². The van der Waals surface area contributed by atoms with Gasteiger partial charge < -0.3 is 16.2 Å². The van der Waals surface area contributed by atoms with Crippen molar-refractivity contribution in [2.24, 2.45) is 5.73 Å². The van der Waals surface area contributed by atoms with Gasteiger partial charge in [0.15, 0.2) is 0 Å². The van der Waals surface area contributed by atoms with Crippen LogP contribution in [0, 0.1) is 0 Å². The first-order chi connectivity index (χ1) is 7.11. The molecule has 0 aromatic heterocycles. The lowest BCUT2D eigenvalue weighted by Crippen LogP contribution is -2.41. The second-order valence-electron chi connectivity index (χ2n) is 3.13. The van der Waals surface area contributed by atoms with Crippen molar-refractivity contribution < 1.29 is 14.7 Å². The molecule has 5 nitrogen and oxygen atoms in total. The number of aliphatic carboxylic acids is 1. The van der Waals surface area contributed by atoms with Crippen molar-refractivity contribution in [3.05, 3.63) is 0 Å². The molecule has 0 aromatic rings. The number of rotatable bonds is 8. The van der Waals surface area contributed by atoms with Crippen LogP contribution in [-0.2, 0) is 9.59 Å². The molecular weight excluding hydrogens is 216 g/mol. The van der Waals surface area contributed by atoms with Gasteiger partial charge in [0.2, 0.25) is 5.91 Å². The van der Waals surface area contributed by atoms with Crippen molar-refractivity contribution in [1.29, 1.82) is 0 Å². The van der Waals surface area contributed by atoms with Gasteiger partial charge in [-0.3, -0.25) is 4.79 Å². The maximum absolute atomic E-state index is 11.2. The minimum atomic E-state index is -0.981.